The van der Waals surface area contributed by atoms with Crippen molar-refractivity contribution in [3.63, 3.8) is 0 Å². The molecular weight excluding hydrogens is 140 g/mol. The van der Waals surface area contributed by atoms with Crippen LogP contribution in [0.25, 0.3) is 0 Å². The molecule has 0 N–H and O–H groups in total. The van der Waals surface area contributed by atoms with Crippen LogP contribution in [0.2, 0.25) is 0 Å². The molecule has 0 aliphatic carbocycles. The van der Waals surface area contributed by atoms with E-state index in [9.17, 15) is 10.2 Å². The molecule has 2 nitrogen and oxygen atoms in total. The first-order chi connectivity index (χ1) is 5.34. The summed E-state index contributed by atoms with van der Waals surface area (Å²) in [6.45, 7) is -0.289. The van der Waals surface area contributed by atoms with Crippen molar-refractivity contribution in [2.75, 3.05) is 6.61 Å². The van der Waals surface area contributed by atoms with Crippen LogP contribution >= 0.6 is 0 Å². The quantitative estimate of drug-likeness (QED) is 0.632. The van der Waals surface area contributed by atoms with E-state index in [-0.39, 0.29) is 13.0 Å². The summed E-state index contributed by atoms with van der Waals surface area (Å²) < 4.78 is 0. The largest absolute Gasteiger partial charge is 0.237 e. The fourth-order valence-corrected chi connectivity index (χ4v) is 0.941. The molecule has 0 aromatic heterocycles. The van der Waals surface area contributed by atoms with Crippen LogP contribution < -0.4 is 0 Å². The van der Waals surface area contributed by atoms with Gasteiger partial charge in [0.05, 0.1) is 6.61 Å². The van der Waals surface area contributed by atoms with Crippen molar-refractivity contribution < 1.29 is 10.2 Å². The summed E-state index contributed by atoms with van der Waals surface area (Å²) >= 11 is 0. The molecule has 0 heterocycles. The second kappa shape index (κ2) is 4.11. The third-order valence-corrected chi connectivity index (χ3v) is 1.55. The van der Waals surface area contributed by atoms with Crippen molar-refractivity contribution >= 4 is 0 Å². The van der Waals surface area contributed by atoms with Crippen molar-refractivity contribution in [3.8, 4) is 0 Å². The van der Waals surface area contributed by atoms with Crippen molar-refractivity contribution in [2.24, 2.45) is 0 Å². The lowest BCUT2D eigenvalue weighted by atomic mass is 10.1. The van der Waals surface area contributed by atoms with Gasteiger partial charge in [0.1, 0.15) is 6.10 Å². The third-order valence-electron chi connectivity index (χ3n) is 1.55. The van der Waals surface area contributed by atoms with Crippen LogP contribution in [0.3, 0.4) is 0 Å². The Morgan fingerprint density at radius 2 is 1.82 bits per heavy atom. The molecule has 2 radical (unpaired) electrons. The molecule has 1 rings (SSSR count). The van der Waals surface area contributed by atoms with Gasteiger partial charge in [0.15, 0.2) is 0 Å². The van der Waals surface area contributed by atoms with Crippen LogP contribution in [-0.2, 0) is 10.2 Å². The van der Waals surface area contributed by atoms with Gasteiger partial charge in [0.25, 0.3) is 0 Å². The van der Waals surface area contributed by atoms with Crippen LogP contribution in [0.1, 0.15) is 18.1 Å². The summed E-state index contributed by atoms with van der Waals surface area (Å²) in [5, 5.41) is 21.2. The number of rotatable bonds is 3. The van der Waals surface area contributed by atoms with E-state index in [0.29, 0.717) is 5.56 Å². The summed E-state index contributed by atoms with van der Waals surface area (Å²) in [6.07, 6.45) is -0.655. The van der Waals surface area contributed by atoms with Crippen LogP contribution in [0.4, 0.5) is 0 Å². The molecule has 0 fully saturated rings. The van der Waals surface area contributed by atoms with Gasteiger partial charge in [-0.25, -0.2) is 10.2 Å². The highest BCUT2D eigenvalue weighted by Crippen LogP contribution is 2.15. The Balaban J connectivity index is 2.61. The molecule has 1 aromatic rings. The Morgan fingerprint density at radius 3 is 2.36 bits per heavy atom. The van der Waals surface area contributed by atoms with Crippen molar-refractivity contribution in [2.45, 2.75) is 12.5 Å². The maximum atomic E-state index is 11.1. The molecule has 0 bridgehead atoms. The molecule has 2 heteroatoms. The molecule has 0 aliphatic heterocycles. The Hall–Kier alpha value is -0.860. The van der Waals surface area contributed by atoms with Gasteiger partial charge in [-0.05, 0) is 5.56 Å². The maximum absolute atomic E-state index is 11.1. The maximum Gasteiger partial charge on any atom is 0.120 e. The first-order valence-corrected chi connectivity index (χ1v) is 3.63. The van der Waals surface area contributed by atoms with Crippen LogP contribution in [0, 0.1) is 0 Å². The van der Waals surface area contributed by atoms with E-state index in [1.807, 2.05) is 18.2 Å². The highest BCUT2D eigenvalue weighted by atomic mass is 16.3. The van der Waals surface area contributed by atoms with Gasteiger partial charge in [-0.2, -0.15) is 0 Å². The van der Waals surface area contributed by atoms with E-state index >= 15 is 0 Å². The SMILES string of the molecule is [O]CCC([O])c1ccccc1. The summed E-state index contributed by atoms with van der Waals surface area (Å²) in [7, 11) is 0. The zero-order valence-corrected chi connectivity index (χ0v) is 6.19. The van der Waals surface area contributed by atoms with Crippen LogP contribution in [0.15, 0.2) is 30.3 Å². The summed E-state index contributed by atoms with van der Waals surface area (Å²) in [5.74, 6) is 0. The second-order valence-electron chi connectivity index (χ2n) is 2.39. The second-order valence-corrected chi connectivity index (χ2v) is 2.39. The predicted octanol–water partition coefficient (Wildman–Crippen LogP) is 1.98. The van der Waals surface area contributed by atoms with Crippen LogP contribution in [0.5, 0.6) is 0 Å². The van der Waals surface area contributed by atoms with Gasteiger partial charge in [-0.1, -0.05) is 30.3 Å². The topological polar surface area (TPSA) is 39.8 Å². The molecule has 58 valence electrons. The molecule has 1 unspecified atom stereocenters. The van der Waals surface area contributed by atoms with E-state index in [1.54, 1.807) is 12.1 Å². The molecule has 1 atom stereocenters. The van der Waals surface area contributed by atoms with Crippen molar-refractivity contribution in [3.05, 3.63) is 35.9 Å². The monoisotopic (exact) mass is 150 g/mol. The van der Waals surface area contributed by atoms with E-state index in [2.05, 4.69) is 0 Å². The lowest BCUT2D eigenvalue weighted by molar-refractivity contribution is 0.0496. The average molecular weight is 150 g/mol. The minimum Gasteiger partial charge on any atom is -0.237 e. The van der Waals surface area contributed by atoms with Crippen LogP contribution in [-0.4, -0.2) is 6.61 Å². The Kier molecular flexibility index (Phi) is 3.08. The minimum absolute atomic E-state index is 0.185. The smallest absolute Gasteiger partial charge is 0.120 e. The molecule has 11 heavy (non-hydrogen) atoms. The minimum atomic E-state index is -0.839. The standard InChI is InChI=1S/C9H10O2/c10-7-6-9(11)8-4-2-1-3-5-8/h1-5,9H,6-7H2. The van der Waals surface area contributed by atoms with Gasteiger partial charge in [-0.15, -0.1) is 0 Å². The number of hydrogen-bond donors (Lipinski definition) is 0. The summed E-state index contributed by atoms with van der Waals surface area (Å²) in [5.41, 5.74) is 0.711. The average Bonchev–Trinajstić information content (AvgIpc) is 2.07. The molecular formula is C9H10O2. The zero-order chi connectivity index (χ0) is 8.10. The van der Waals surface area contributed by atoms with E-state index in [0.717, 1.165) is 0 Å². The molecule has 0 amide bonds. The normalized spacial score (nSPS) is 12.9. The fraction of sp³-hybridized carbons (Fsp3) is 0.333. The fourth-order valence-electron chi connectivity index (χ4n) is 0.941. The highest BCUT2D eigenvalue weighted by molar-refractivity contribution is 5.16. The van der Waals surface area contributed by atoms with E-state index in [4.69, 9.17) is 0 Å². The van der Waals surface area contributed by atoms with Crippen molar-refractivity contribution in [1.82, 2.24) is 0 Å². The van der Waals surface area contributed by atoms with Gasteiger partial charge >= 0.3 is 0 Å². The number of hydrogen-bond acceptors (Lipinski definition) is 0. The molecule has 0 spiro atoms. The lowest BCUT2D eigenvalue weighted by Crippen LogP contribution is -1.96. The van der Waals surface area contributed by atoms with Gasteiger partial charge in [-0.3, -0.25) is 0 Å². The first kappa shape index (κ1) is 8.24. The van der Waals surface area contributed by atoms with E-state index < -0.39 is 6.10 Å². The third kappa shape index (κ3) is 2.33. The molecule has 1 aromatic carbocycles. The van der Waals surface area contributed by atoms with Crippen molar-refractivity contribution in [1.29, 1.82) is 0 Å². The molecule has 0 saturated heterocycles. The van der Waals surface area contributed by atoms with Gasteiger partial charge < -0.3 is 0 Å². The Bertz CT molecular complexity index is 196. The van der Waals surface area contributed by atoms with Gasteiger partial charge in [0.2, 0.25) is 0 Å². The van der Waals surface area contributed by atoms with E-state index in [1.165, 1.54) is 0 Å². The molecule has 0 aliphatic rings. The predicted molar refractivity (Wildman–Crippen MR) is 40.0 cm³/mol. The summed E-state index contributed by atoms with van der Waals surface area (Å²) in [6, 6.07) is 8.99. The number of benzene rings is 1. The lowest BCUT2D eigenvalue weighted by Gasteiger charge is -2.04. The Morgan fingerprint density at radius 1 is 1.18 bits per heavy atom. The van der Waals surface area contributed by atoms with Gasteiger partial charge in [0, 0.05) is 6.42 Å². The highest BCUT2D eigenvalue weighted by Gasteiger charge is 2.06. The Labute approximate surface area is 66.1 Å². The first-order valence-electron chi connectivity index (χ1n) is 3.63. The molecule has 0 saturated carbocycles. The zero-order valence-electron chi connectivity index (χ0n) is 6.19. The summed E-state index contributed by atoms with van der Waals surface area (Å²) in [4.78, 5) is 0.